The first kappa shape index (κ1) is 25.8. The number of aromatic nitrogens is 1. The van der Waals surface area contributed by atoms with Gasteiger partial charge in [0.2, 0.25) is 0 Å². The molecule has 0 saturated heterocycles. The zero-order valence-corrected chi connectivity index (χ0v) is 20.5. The summed E-state index contributed by atoms with van der Waals surface area (Å²) in [7, 11) is -1.20. The molecule has 174 valence electrons. The van der Waals surface area contributed by atoms with Gasteiger partial charge in [0.25, 0.3) is 0 Å². The van der Waals surface area contributed by atoms with Crippen molar-refractivity contribution in [3.8, 4) is 0 Å². The Morgan fingerprint density at radius 2 is 1.45 bits per heavy atom. The van der Waals surface area contributed by atoms with Crippen LogP contribution in [0.2, 0.25) is 0 Å². The summed E-state index contributed by atoms with van der Waals surface area (Å²) in [6.45, 7) is 13.9. The largest absolute Gasteiger partial charge is 0.326 e. The minimum absolute atomic E-state index is 0.0851. The predicted octanol–water partition coefficient (Wildman–Crippen LogP) is 7.23. The second-order valence-corrected chi connectivity index (χ2v) is 13.3. The van der Waals surface area contributed by atoms with E-state index in [0.717, 1.165) is 37.1 Å². The Bertz CT molecular complexity index is 786. The van der Waals surface area contributed by atoms with E-state index in [1.54, 1.807) is 0 Å². The van der Waals surface area contributed by atoms with Crippen molar-refractivity contribution < 1.29 is 13.0 Å². The zero-order chi connectivity index (χ0) is 23.2. The number of rotatable bonds is 5. The van der Waals surface area contributed by atoms with Crippen molar-refractivity contribution >= 4 is 10.3 Å². The van der Waals surface area contributed by atoms with Crippen LogP contribution in [0.15, 0.2) is 42.6 Å². The van der Waals surface area contributed by atoms with Crippen LogP contribution in [0.3, 0.4) is 0 Å². The Kier molecular flexibility index (Phi) is 9.46. The lowest BCUT2D eigenvalue weighted by molar-refractivity contribution is 0.209. The van der Waals surface area contributed by atoms with Crippen molar-refractivity contribution in [3.63, 3.8) is 0 Å². The molecule has 3 nitrogen and oxygen atoms in total. The maximum Gasteiger partial charge on any atom is 0.158 e. The molecule has 0 fully saturated rings. The van der Waals surface area contributed by atoms with Gasteiger partial charge in [-0.3, -0.25) is 4.98 Å². The Morgan fingerprint density at radius 3 is 1.94 bits per heavy atom. The van der Waals surface area contributed by atoms with E-state index in [-0.39, 0.29) is 12.1 Å². The fraction of sp³-hybridized carbons (Fsp3) is 0.560. The van der Waals surface area contributed by atoms with Gasteiger partial charge in [-0.25, -0.2) is 8.78 Å². The van der Waals surface area contributed by atoms with Crippen LogP contribution in [0, 0.1) is 11.6 Å². The molecule has 1 aliphatic rings. The van der Waals surface area contributed by atoms with Crippen LogP contribution in [0.25, 0.3) is 0 Å². The van der Waals surface area contributed by atoms with Gasteiger partial charge in [-0.2, -0.15) is 0 Å². The fourth-order valence-electron chi connectivity index (χ4n) is 4.53. The van der Waals surface area contributed by atoms with Gasteiger partial charge < -0.3 is 9.92 Å². The third-order valence-electron chi connectivity index (χ3n) is 5.87. The molecular formula is C25H38F2N2OS. The molecule has 2 atom stereocenters. The van der Waals surface area contributed by atoms with E-state index in [1.807, 2.05) is 12.3 Å². The molecule has 0 saturated carbocycles. The smallest absolute Gasteiger partial charge is 0.158 e. The molecule has 0 bridgehead atoms. The summed E-state index contributed by atoms with van der Waals surface area (Å²) in [5.41, 5.74) is 8.62. The van der Waals surface area contributed by atoms with Crippen LogP contribution < -0.4 is 5.73 Å². The van der Waals surface area contributed by atoms with Gasteiger partial charge in [0.15, 0.2) is 11.6 Å². The van der Waals surface area contributed by atoms with Gasteiger partial charge in [-0.1, -0.05) is 59.7 Å². The third-order valence-corrected chi connectivity index (χ3v) is 10.9. The Morgan fingerprint density at radius 1 is 0.903 bits per heavy atom. The molecule has 2 aromatic rings. The van der Waals surface area contributed by atoms with Crippen LogP contribution >= 0.6 is 10.3 Å². The molecule has 3 rings (SSSR count). The molecule has 0 spiro atoms. The quantitative estimate of drug-likeness (QED) is 0.487. The first-order valence-corrected chi connectivity index (χ1v) is 12.9. The zero-order valence-electron chi connectivity index (χ0n) is 19.6. The highest BCUT2D eigenvalue weighted by Crippen LogP contribution is 2.64. The number of benzene rings is 1. The molecule has 1 aromatic carbocycles. The van der Waals surface area contributed by atoms with Crippen LogP contribution in [0.4, 0.5) is 8.78 Å². The normalized spacial score (nSPS) is 19.6. The molecule has 0 aliphatic heterocycles. The van der Waals surface area contributed by atoms with Gasteiger partial charge in [-0.15, -0.1) is 10.3 Å². The molecule has 2 N–H and O–H groups in total. The molecule has 1 heterocycles. The highest BCUT2D eigenvalue weighted by atomic mass is 32.3. The number of nitrogens with zero attached hydrogens (tertiary/aromatic N) is 1. The van der Waals surface area contributed by atoms with Crippen molar-refractivity contribution in [2.45, 2.75) is 88.7 Å². The predicted molar refractivity (Wildman–Crippen MR) is 128 cm³/mol. The lowest BCUT2D eigenvalue weighted by Gasteiger charge is -2.52. The standard InChI is InChI=1S/C19H34N2OS.C6H4F2/c1-13(2)23(14(3)4,15(5)6)22-18-11-7-10-17(20)16-9-8-12-21-19(16)18;7-5-3-1-2-4-6(5)8/h8-9,12-15,17-18H,7,10-11,20H2,1-6H3;1-4H. The lowest BCUT2D eigenvalue weighted by atomic mass is 10.0. The maximum absolute atomic E-state index is 11.9. The summed E-state index contributed by atoms with van der Waals surface area (Å²) in [6, 6.07) is 9.26. The minimum atomic E-state index is -1.20. The van der Waals surface area contributed by atoms with Crippen LogP contribution in [-0.4, -0.2) is 20.7 Å². The van der Waals surface area contributed by atoms with Crippen LogP contribution in [-0.2, 0) is 4.18 Å². The number of halogens is 2. The summed E-state index contributed by atoms with van der Waals surface area (Å²) >= 11 is 0. The van der Waals surface area contributed by atoms with E-state index in [4.69, 9.17) is 9.92 Å². The van der Waals surface area contributed by atoms with Crippen LogP contribution in [0.1, 0.15) is 84.2 Å². The summed E-state index contributed by atoms with van der Waals surface area (Å²) in [5, 5.41) is 1.60. The Labute approximate surface area is 188 Å². The Balaban J connectivity index is 0.000000357. The summed E-state index contributed by atoms with van der Waals surface area (Å²) in [5.74, 6) is -1.60. The summed E-state index contributed by atoms with van der Waals surface area (Å²) in [6.07, 6.45) is 5.11. The topological polar surface area (TPSA) is 48.1 Å². The van der Waals surface area contributed by atoms with E-state index in [0.29, 0.717) is 15.7 Å². The Hall–Kier alpha value is -1.50. The SMILES string of the molecule is CC(C)S(OC1CCCC(N)c2cccnc21)(C(C)C)C(C)C.Fc1ccccc1F. The molecule has 1 aromatic heterocycles. The molecule has 31 heavy (non-hydrogen) atoms. The van der Waals surface area contributed by atoms with E-state index in [1.165, 1.54) is 17.7 Å². The van der Waals surface area contributed by atoms with Crippen molar-refractivity contribution in [1.29, 1.82) is 0 Å². The maximum atomic E-state index is 11.9. The van der Waals surface area contributed by atoms with Gasteiger partial charge in [0.1, 0.15) is 6.10 Å². The van der Waals surface area contributed by atoms with Gasteiger partial charge in [-0.05, 0) is 43.0 Å². The molecular weight excluding hydrogens is 414 g/mol. The van der Waals surface area contributed by atoms with Crippen molar-refractivity contribution in [2.75, 3.05) is 0 Å². The lowest BCUT2D eigenvalue weighted by Crippen LogP contribution is -2.32. The average Bonchev–Trinajstić information content (AvgIpc) is 2.87. The molecule has 0 amide bonds. The second-order valence-electron chi connectivity index (χ2n) is 8.86. The minimum Gasteiger partial charge on any atom is -0.326 e. The highest BCUT2D eigenvalue weighted by Gasteiger charge is 2.39. The average molecular weight is 453 g/mol. The van der Waals surface area contributed by atoms with Crippen molar-refractivity contribution in [2.24, 2.45) is 5.73 Å². The third kappa shape index (κ3) is 6.05. The van der Waals surface area contributed by atoms with E-state index >= 15 is 0 Å². The molecule has 2 unspecified atom stereocenters. The van der Waals surface area contributed by atoms with E-state index in [9.17, 15) is 8.78 Å². The van der Waals surface area contributed by atoms with E-state index < -0.39 is 21.9 Å². The second kappa shape index (κ2) is 11.4. The monoisotopic (exact) mass is 452 g/mol. The number of hydrogen-bond donors (Lipinski definition) is 1. The first-order valence-electron chi connectivity index (χ1n) is 11.2. The van der Waals surface area contributed by atoms with Crippen LogP contribution in [0.5, 0.6) is 0 Å². The number of nitrogens with two attached hydrogens (primary N) is 1. The van der Waals surface area contributed by atoms with Crippen molar-refractivity contribution in [1.82, 2.24) is 4.98 Å². The van der Waals surface area contributed by atoms with Gasteiger partial charge >= 0.3 is 0 Å². The molecule has 0 radical (unpaired) electrons. The molecule has 1 aliphatic carbocycles. The summed E-state index contributed by atoms with van der Waals surface area (Å²) in [4.78, 5) is 4.68. The van der Waals surface area contributed by atoms with Gasteiger partial charge in [0.05, 0.1) is 5.69 Å². The highest BCUT2D eigenvalue weighted by molar-refractivity contribution is 8.31. The number of fused-ring (bicyclic) bond motifs is 1. The molecule has 6 heteroatoms. The number of pyridine rings is 1. The fourth-order valence-corrected chi connectivity index (χ4v) is 9.05. The number of hydrogen-bond acceptors (Lipinski definition) is 3. The first-order chi connectivity index (χ1) is 14.6. The van der Waals surface area contributed by atoms with E-state index in [2.05, 4.69) is 52.6 Å². The van der Waals surface area contributed by atoms with Crippen molar-refractivity contribution in [3.05, 3.63) is 65.5 Å². The summed E-state index contributed by atoms with van der Waals surface area (Å²) < 4.78 is 30.9. The van der Waals surface area contributed by atoms with Gasteiger partial charge in [0, 0.05) is 28.0 Å².